The molecule has 1 aromatic heterocycles. The number of amides is 1. The van der Waals surface area contributed by atoms with Crippen LogP contribution in [0.2, 0.25) is 5.02 Å². The van der Waals surface area contributed by atoms with E-state index in [9.17, 15) is 9.18 Å². The van der Waals surface area contributed by atoms with Crippen molar-refractivity contribution in [1.29, 1.82) is 0 Å². The molecule has 4 rings (SSSR count). The van der Waals surface area contributed by atoms with Gasteiger partial charge in [0.25, 0.3) is 0 Å². The summed E-state index contributed by atoms with van der Waals surface area (Å²) in [5.41, 5.74) is 9.69. The highest BCUT2D eigenvalue weighted by Gasteiger charge is 2.29. The highest BCUT2D eigenvalue weighted by atomic mass is 35.5. The fourth-order valence-electron chi connectivity index (χ4n) is 4.60. The number of benzene rings is 1. The van der Waals surface area contributed by atoms with Crippen LogP contribution in [0.15, 0.2) is 18.2 Å². The lowest BCUT2D eigenvalue weighted by atomic mass is 9.84. The smallest absolute Gasteiger partial charge is 0.223 e. The van der Waals surface area contributed by atoms with Gasteiger partial charge < -0.3 is 10.6 Å². The molecule has 29 heavy (non-hydrogen) atoms. The van der Waals surface area contributed by atoms with Crippen LogP contribution in [0.25, 0.3) is 0 Å². The van der Waals surface area contributed by atoms with Gasteiger partial charge in [0.1, 0.15) is 5.82 Å². The molecule has 1 aliphatic carbocycles. The molecule has 1 saturated carbocycles. The predicted molar refractivity (Wildman–Crippen MR) is 111 cm³/mol. The highest BCUT2D eigenvalue weighted by molar-refractivity contribution is 6.30. The minimum atomic E-state index is -0.335. The van der Waals surface area contributed by atoms with E-state index in [4.69, 9.17) is 17.3 Å². The number of nitrogens with two attached hydrogens (primary N) is 1. The molecule has 0 radical (unpaired) electrons. The van der Waals surface area contributed by atoms with Gasteiger partial charge in [0.2, 0.25) is 5.91 Å². The topological polar surface area (TPSA) is 64.2 Å². The third kappa shape index (κ3) is 4.48. The predicted octanol–water partition coefficient (Wildman–Crippen LogP) is 3.82. The third-order valence-electron chi connectivity index (χ3n) is 6.38. The highest BCUT2D eigenvalue weighted by Crippen LogP contribution is 2.29. The Labute approximate surface area is 176 Å². The number of aromatic nitrogens is 2. The lowest BCUT2D eigenvalue weighted by Gasteiger charge is -2.31. The zero-order valence-corrected chi connectivity index (χ0v) is 17.6. The Kier molecular flexibility index (Phi) is 5.93. The van der Waals surface area contributed by atoms with Crippen LogP contribution in [0.1, 0.15) is 54.6 Å². The number of fused-ring (bicyclic) bond motifs is 1. The second-order valence-corrected chi connectivity index (χ2v) is 8.89. The molecular formula is C22H28ClFN4O. The van der Waals surface area contributed by atoms with Gasteiger partial charge in [-0.2, -0.15) is 5.10 Å². The SMILES string of the molecule is Cc1nn(Cc2ccc(Cl)cc2F)c2c1CCN(C(=O)C[C@H]1CC[C@@H](N)CC1)C2. The maximum Gasteiger partial charge on any atom is 0.223 e. The van der Waals surface area contributed by atoms with E-state index in [1.807, 2.05) is 16.5 Å². The first-order valence-electron chi connectivity index (χ1n) is 10.4. The molecule has 7 heteroatoms. The molecule has 2 heterocycles. The molecule has 1 fully saturated rings. The Hall–Kier alpha value is -1.92. The Bertz CT molecular complexity index is 904. The van der Waals surface area contributed by atoms with Crippen LogP contribution in [0.4, 0.5) is 4.39 Å². The first kappa shape index (κ1) is 20.4. The molecule has 156 valence electrons. The lowest BCUT2D eigenvalue weighted by molar-refractivity contribution is -0.133. The molecule has 2 aliphatic rings. The van der Waals surface area contributed by atoms with E-state index < -0.39 is 0 Å². The van der Waals surface area contributed by atoms with Crippen molar-refractivity contribution in [3.05, 3.63) is 51.6 Å². The van der Waals surface area contributed by atoms with Gasteiger partial charge in [0, 0.05) is 29.6 Å². The van der Waals surface area contributed by atoms with Gasteiger partial charge >= 0.3 is 0 Å². The monoisotopic (exact) mass is 418 g/mol. The standard InChI is InChI=1S/C22H28ClFN4O/c1-14-19-8-9-27(22(29)10-15-2-6-18(25)7-3-15)13-21(19)28(26-14)12-16-4-5-17(23)11-20(16)24/h4-5,11,15,18H,2-3,6-10,12-13,25H2,1H3/t15-,18+. The van der Waals surface area contributed by atoms with E-state index in [0.29, 0.717) is 42.1 Å². The largest absolute Gasteiger partial charge is 0.336 e. The van der Waals surface area contributed by atoms with E-state index in [2.05, 4.69) is 5.10 Å². The first-order valence-corrected chi connectivity index (χ1v) is 10.8. The number of halogens is 2. The summed E-state index contributed by atoms with van der Waals surface area (Å²) in [6.07, 6.45) is 5.51. The van der Waals surface area contributed by atoms with Gasteiger partial charge in [0.15, 0.2) is 0 Å². The number of aryl methyl sites for hydroxylation is 1. The van der Waals surface area contributed by atoms with E-state index in [-0.39, 0.29) is 11.7 Å². The molecule has 0 bridgehead atoms. The minimum absolute atomic E-state index is 0.208. The maximum absolute atomic E-state index is 14.3. The van der Waals surface area contributed by atoms with Crippen LogP contribution in [-0.2, 0) is 24.3 Å². The number of hydrogen-bond acceptors (Lipinski definition) is 3. The van der Waals surface area contributed by atoms with Gasteiger partial charge in [-0.1, -0.05) is 17.7 Å². The zero-order chi connectivity index (χ0) is 20.5. The van der Waals surface area contributed by atoms with Crippen LogP contribution in [0, 0.1) is 18.7 Å². The number of hydrogen-bond donors (Lipinski definition) is 1. The van der Waals surface area contributed by atoms with Crippen molar-refractivity contribution in [3.63, 3.8) is 0 Å². The van der Waals surface area contributed by atoms with Crippen molar-refractivity contribution in [3.8, 4) is 0 Å². The number of rotatable bonds is 4. The van der Waals surface area contributed by atoms with Crippen LogP contribution < -0.4 is 5.73 Å². The van der Waals surface area contributed by atoms with Gasteiger partial charge in [-0.25, -0.2) is 4.39 Å². The van der Waals surface area contributed by atoms with Crippen molar-refractivity contribution < 1.29 is 9.18 Å². The number of carbonyl (C=O) groups is 1. The van der Waals surface area contributed by atoms with Gasteiger partial charge in [-0.3, -0.25) is 9.48 Å². The summed E-state index contributed by atoms with van der Waals surface area (Å²) in [5.74, 6) is 0.316. The van der Waals surface area contributed by atoms with Crippen molar-refractivity contribution >= 4 is 17.5 Å². The summed E-state index contributed by atoms with van der Waals surface area (Å²) in [6, 6.07) is 5.01. The van der Waals surface area contributed by atoms with Crippen molar-refractivity contribution in [1.82, 2.24) is 14.7 Å². The van der Waals surface area contributed by atoms with Crippen LogP contribution in [-0.4, -0.2) is 33.2 Å². The fraction of sp³-hybridized carbons (Fsp3) is 0.545. The minimum Gasteiger partial charge on any atom is -0.336 e. The molecule has 1 aromatic carbocycles. The van der Waals surface area contributed by atoms with E-state index >= 15 is 0 Å². The zero-order valence-electron chi connectivity index (χ0n) is 16.8. The normalized spacial score (nSPS) is 21.9. The van der Waals surface area contributed by atoms with Gasteiger partial charge in [-0.15, -0.1) is 0 Å². The van der Waals surface area contributed by atoms with Crippen LogP contribution >= 0.6 is 11.6 Å². The van der Waals surface area contributed by atoms with Gasteiger partial charge in [0.05, 0.1) is 24.5 Å². The number of nitrogens with zero attached hydrogens (tertiary/aromatic N) is 3. The van der Waals surface area contributed by atoms with Crippen LogP contribution in [0.5, 0.6) is 0 Å². The third-order valence-corrected chi connectivity index (χ3v) is 6.62. The van der Waals surface area contributed by atoms with E-state index in [1.54, 1.807) is 12.1 Å². The second-order valence-electron chi connectivity index (χ2n) is 8.45. The fourth-order valence-corrected chi connectivity index (χ4v) is 4.76. The molecule has 0 spiro atoms. The first-order chi connectivity index (χ1) is 13.9. The van der Waals surface area contributed by atoms with Crippen molar-refractivity contribution in [2.75, 3.05) is 6.54 Å². The van der Waals surface area contributed by atoms with Crippen molar-refractivity contribution in [2.45, 2.75) is 64.6 Å². The Morgan fingerprint density at radius 1 is 1.31 bits per heavy atom. The summed E-state index contributed by atoms with van der Waals surface area (Å²) < 4.78 is 16.1. The molecular weight excluding hydrogens is 391 g/mol. The van der Waals surface area contributed by atoms with Crippen molar-refractivity contribution in [2.24, 2.45) is 11.7 Å². The molecule has 2 N–H and O–H groups in total. The Morgan fingerprint density at radius 3 is 2.79 bits per heavy atom. The summed E-state index contributed by atoms with van der Waals surface area (Å²) >= 11 is 5.87. The summed E-state index contributed by atoms with van der Waals surface area (Å²) in [7, 11) is 0. The molecule has 1 aliphatic heterocycles. The van der Waals surface area contributed by atoms with Crippen LogP contribution in [0.3, 0.4) is 0 Å². The Balaban J connectivity index is 1.47. The quantitative estimate of drug-likeness (QED) is 0.820. The summed E-state index contributed by atoms with van der Waals surface area (Å²) in [5, 5.41) is 5.01. The average Bonchev–Trinajstić information content (AvgIpc) is 3.01. The van der Waals surface area contributed by atoms with E-state index in [1.165, 1.54) is 11.6 Å². The molecule has 0 atom stereocenters. The summed E-state index contributed by atoms with van der Waals surface area (Å²) in [4.78, 5) is 14.9. The second kappa shape index (κ2) is 8.44. The molecule has 0 unspecified atom stereocenters. The number of carbonyl (C=O) groups excluding carboxylic acids is 1. The molecule has 2 aromatic rings. The molecule has 1 amide bonds. The van der Waals surface area contributed by atoms with Gasteiger partial charge in [-0.05, 0) is 62.6 Å². The molecule has 5 nitrogen and oxygen atoms in total. The lowest BCUT2D eigenvalue weighted by Crippen LogP contribution is -2.38. The average molecular weight is 419 g/mol. The Morgan fingerprint density at radius 2 is 2.07 bits per heavy atom. The van der Waals surface area contributed by atoms with E-state index in [0.717, 1.165) is 50.0 Å². The summed E-state index contributed by atoms with van der Waals surface area (Å²) in [6.45, 7) is 3.58. The molecule has 0 saturated heterocycles. The maximum atomic E-state index is 14.3.